The molecule has 3 rings (SSSR count). The fourth-order valence-corrected chi connectivity index (χ4v) is 4.72. The quantitative estimate of drug-likeness (QED) is 0.293. The molecule has 0 saturated carbocycles. The van der Waals surface area contributed by atoms with Crippen LogP contribution in [0, 0.1) is 5.82 Å². The molecule has 0 fully saturated rings. The number of rotatable bonds is 7. The number of aromatic nitrogens is 1. The molecule has 0 amide bonds. The van der Waals surface area contributed by atoms with Crippen LogP contribution in [0.5, 0.6) is 0 Å². The molecule has 29 heavy (non-hydrogen) atoms. The average molecular weight is 430 g/mol. The Morgan fingerprint density at radius 1 is 1.03 bits per heavy atom. The van der Waals surface area contributed by atoms with Crippen molar-refractivity contribution in [3.05, 3.63) is 65.6 Å². The zero-order valence-electron chi connectivity index (χ0n) is 18.4. The number of fused-ring (bicyclic) bond motifs is 1. The molecule has 0 aliphatic carbocycles. The molecular formula is C24H32FNOSSi. The minimum atomic E-state index is -1.76. The largest absolute Gasteiger partial charge is 0.416 e. The number of nitrogens with zero attached hydrogens (tertiary/aromatic N) is 1. The maximum Gasteiger partial charge on any atom is 0.191 e. The highest BCUT2D eigenvalue weighted by molar-refractivity contribution is 7.98. The van der Waals surface area contributed by atoms with Crippen molar-refractivity contribution >= 4 is 31.0 Å². The summed E-state index contributed by atoms with van der Waals surface area (Å²) < 4.78 is 22.1. The highest BCUT2D eigenvalue weighted by Crippen LogP contribution is 2.36. The Labute approximate surface area is 179 Å². The van der Waals surface area contributed by atoms with Gasteiger partial charge in [-0.2, -0.15) is 0 Å². The van der Waals surface area contributed by atoms with Gasteiger partial charge in [0.05, 0.1) is 0 Å². The van der Waals surface area contributed by atoms with E-state index in [4.69, 9.17) is 4.43 Å². The fourth-order valence-electron chi connectivity index (χ4n) is 3.23. The molecule has 2 nitrogen and oxygen atoms in total. The first-order valence-electron chi connectivity index (χ1n) is 10.2. The van der Waals surface area contributed by atoms with Gasteiger partial charge in [0, 0.05) is 41.1 Å². The third-order valence-electron chi connectivity index (χ3n) is 6.08. The van der Waals surface area contributed by atoms with E-state index in [-0.39, 0.29) is 10.9 Å². The second-order valence-corrected chi connectivity index (χ2v) is 14.8. The summed E-state index contributed by atoms with van der Waals surface area (Å²) in [6.45, 7) is 12.9. The van der Waals surface area contributed by atoms with Gasteiger partial charge in [0.15, 0.2) is 8.32 Å². The number of hydrogen-bond donors (Lipinski definition) is 0. The van der Waals surface area contributed by atoms with Crippen molar-refractivity contribution in [1.82, 2.24) is 4.57 Å². The summed E-state index contributed by atoms with van der Waals surface area (Å²) in [4.78, 5) is 1.26. The molecule has 2 aromatic carbocycles. The lowest BCUT2D eigenvalue weighted by atomic mass is 10.2. The Kier molecular flexibility index (Phi) is 6.61. The van der Waals surface area contributed by atoms with E-state index >= 15 is 0 Å². The molecule has 0 unspecified atom stereocenters. The summed E-state index contributed by atoms with van der Waals surface area (Å²) in [5.41, 5.74) is 3.58. The van der Waals surface area contributed by atoms with E-state index in [1.165, 1.54) is 33.6 Å². The van der Waals surface area contributed by atoms with Crippen molar-refractivity contribution in [2.75, 3.05) is 12.9 Å². The molecule has 0 bridgehead atoms. The van der Waals surface area contributed by atoms with Gasteiger partial charge in [0.2, 0.25) is 0 Å². The highest BCUT2D eigenvalue weighted by atomic mass is 32.2. The molecule has 3 aromatic rings. The third kappa shape index (κ3) is 5.14. The number of hydrogen-bond acceptors (Lipinski definition) is 2. The smallest absolute Gasteiger partial charge is 0.191 e. The standard InChI is InChI=1S/C24H32FNOSSi/c1-24(2,3)29(5,6)27-14-13-21-15-19-16-22(28-4)11-12-23(19)26(21)17-18-7-9-20(25)10-8-18/h7-12,15-16H,13-14,17H2,1-6H3. The molecule has 5 heteroatoms. The van der Waals surface area contributed by atoms with Crippen LogP contribution in [0.3, 0.4) is 0 Å². The summed E-state index contributed by atoms with van der Waals surface area (Å²) in [5.74, 6) is -0.196. The van der Waals surface area contributed by atoms with Crippen LogP contribution < -0.4 is 0 Å². The number of thioether (sulfide) groups is 1. The van der Waals surface area contributed by atoms with Gasteiger partial charge >= 0.3 is 0 Å². The third-order valence-corrected chi connectivity index (χ3v) is 11.3. The minimum Gasteiger partial charge on any atom is -0.416 e. The first kappa shape index (κ1) is 22.1. The molecule has 0 atom stereocenters. The molecule has 156 valence electrons. The Hall–Kier alpha value is -1.56. The second kappa shape index (κ2) is 8.66. The Morgan fingerprint density at radius 3 is 2.34 bits per heavy atom. The van der Waals surface area contributed by atoms with E-state index in [9.17, 15) is 4.39 Å². The summed E-state index contributed by atoms with van der Waals surface area (Å²) in [7, 11) is -1.76. The Morgan fingerprint density at radius 2 is 1.72 bits per heavy atom. The van der Waals surface area contributed by atoms with E-state index in [2.05, 4.69) is 69.0 Å². The average Bonchev–Trinajstić information content (AvgIpc) is 2.99. The van der Waals surface area contributed by atoms with Crippen molar-refractivity contribution in [3.63, 3.8) is 0 Å². The maximum absolute atomic E-state index is 13.3. The van der Waals surface area contributed by atoms with Crippen molar-refractivity contribution < 1.29 is 8.82 Å². The fraction of sp³-hybridized carbons (Fsp3) is 0.417. The van der Waals surface area contributed by atoms with E-state index in [1.54, 1.807) is 11.8 Å². The topological polar surface area (TPSA) is 14.2 Å². The number of benzene rings is 2. The number of halogens is 1. The van der Waals surface area contributed by atoms with Crippen LogP contribution in [0.15, 0.2) is 53.4 Å². The van der Waals surface area contributed by atoms with Crippen LogP contribution in [-0.4, -0.2) is 25.7 Å². The van der Waals surface area contributed by atoms with E-state index < -0.39 is 8.32 Å². The molecule has 0 aliphatic heterocycles. The minimum absolute atomic E-state index is 0.196. The van der Waals surface area contributed by atoms with Gasteiger partial charge in [0.25, 0.3) is 0 Å². The highest BCUT2D eigenvalue weighted by Gasteiger charge is 2.36. The second-order valence-electron chi connectivity index (χ2n) is 9.13. The van der Waals surface area contributed by atoms with Crippen molar-refractivity contribution in [3.8, 4) is 0 Å². The molecule has 0 spiro atoms. The van der Waals surface area contributed by atoms with Gasteiger partial charge in [-0.05, 0) is 66.3 Å². The zero-order chi connectivity index (χ0) is 21.2. The van der Waals surface area contributed by atoms with E-state index in [1.807, 2.05) is 12.1 Å². The molecule has 0 aliphatic rings. The lowest BCUT2D eigenvalue weighted by Crippen LogP contribution is -2.41. The molecule has 1 heterocycles. The van der Waals surface area contributed by atoms with E-state index in [0.29, 0.717) is 0 Å². The van der Waals surface area contributed by atoms with Crippen molar-refractivity contribution in [2.24, 2.45) is 0 Å². The molecular weight excluding hydrogens is 397 g/mol. The normalized spacial score (nSPS) is 12.7. The van der Waals surface area contributed by atoms with Crippen LogP contribution in [0.25, 0.3) is 10.9 Å². The van der Waals surface area contributed by atoms with Crippen LogP contribution in [0.1, 0.15) is 32.0 Å². The predicted molar refractivity (Wildman–Crippen MR) is 126 cm³/mol. The van der Waals surface area contributed by atoms with Crippen molar-refractivity contribution in [1.29, 1.82) is 0 Å². The molecule has 0 radical (unpaired) electrons. The van der Waals surface area contributed by atoms with Gasteiger partial charge < -0.3 is 8.99 Å². The molecule has 0 saturated heterocycles. The van der Waals surface area contributed by atoms with Gasteiger partial charge in [0.1, 0.15) is 5.82 Å². The Balaban J connectivity index is 1.89. The van der Waals surface area contributed by atoms with Crippen molar-refractivity contribution in [2.45, 2.75) is 56.8 Å². The maximum atomic E-state index is 13.3. The first-order chi connectivity index (χ1) is 13.6. The van der Waals surface area contributed by atoms with E-state index in [0.717, 1.165) is 25.1 Å². The summed E-state index contributed by atoms with van der Waals surface area (Å²) in [6, 6.07) is 15.7. The zero-order valence-corrected chi connectivity index (χ0v) is 20.2. The lowest BCUT2D eigenvalue weighted by molar-refractivity contribution is 0.289. The van der Waals surface area contributed by atoms with Gasteiger partial charge in [-0.3, -0.25) is 0 Å². The van der Waals surface area contributed by atoms with Crippen LogP contribution in [0.2, 0.25) is 18.1 Å². The Bertz CT molecular complexity index is 973. The first-order valence-corrected chi connectivity index (χ1v) is 14.3. The monoisotopic (exact) mass is 429 g/mol. The van der Waals surface area contributed by atoms with Crippen LogP contribution >= 0.6 is 11.8 Å². The van der Waals surface area contributed by atoms with Crippen LogP contribution in [-0.2, 0) is 17.4 Å². The SMILES string of the molecule is CSc1ccc2c(c1)cc(CCO[Si](C)(C)C(C)(C)C)n2Cc1ccc(F)cc1. The summed E-state index contributed by atoms with van der Waals surface area (Å²) in [6.07, 6.45) is 2.97. The van der Waals surface area contributed by atoms with Crippen LogP contribution in [0.4, 0.5) is 4.39 Å². The predicted octanol–water partition coefficient (Wildman–Crippen LogP) is 7.11. The molecule has 0 N–H and O–H groups in total. The van der Waals surface area contributed by atoms with Gasteiger partial charge in [-0.15, -0.1) is 11.8 Å². The van der Waals surface area contributed by atoms with Gasteiger partial charge in [-0.1, -0.05) is 32.9 Å². The summed E-state index contributed by atoms with van der Waals surface area (Å²) in [5, 5.41) is 1.46. The molecule has 1 aromatic heterocycles. The lowest BCUT2D eigenvalue weighted by Gasteiger charge is -2.36. The summed E-state index contributed by atoms with van der Waals surface area (Å²) >= 11 is 1.76. The van der Waals surface area contributed by atoms with Gasteiger partial charge in [-0.25, -0.2) is 4.39 Å².